The van der Waals surface area contributed by atoms with Crippen molar-refractivity contribution < 1.29 is 17.4 Å². The highest BCUT2D eigenvalue weighted by atomic mass is 79.9. The Morgan fingerprint density at radius 1 is 1.38 bits per heavy atom. The normalized spacial score (nSPS) is 10.7. The van der Waals surface area contributed by atoms with Crippen LogP contribution in [0.2, 0.25) is 0 Å². The van der Waals surface area contributed by atoms with E-state index in [4.69, 9.17) is 4.55 Å². The summed E-state index contributed by atoms with van der Waals surface area (Å²) in [7, 11) is -4.30. The highest BCUT2D eigenvalue weighted by Gasteiger charge is 2.11. The molecule has 74 valence electrons. The Morgan fingerprint density at radius 2 is 1.92 bits per heavy atom. The standard InChI is InChI=1S/C6H4BrFO3S.ClH/c7-5-2-1-4(3-6(5)8)12(9,10)11;/h1-3H,(H,9,10,11);1H. The fourth-order valence-corrected chi connectivity index (χ4v) is 1.38. The minimum Gasteiger partial charge on any atom is -0.282 e. The zero-order valence-corrected chi connectivity index (χ0v) is 9.29. The van der Waals surface area contributed by atoms with Crippen LogP contribution in [0.3, 0.4) is 0 Å². The van der Waals surface area contributed by atoms with E-state index in [0.717, 1.165) is 12.1 Å². The van der Waals surface area contributed by atoms with Gasteiger partial charge < -0.3 is 0 Å². The van der Waals surface area contributed by atoms with Crippen molar-refractivity contribution in [2.75, 3.05) is 0 Å². The van der Waals surface area contributed by atoms with Crippen LogP contribution >= 0.6 is 28.3 Å². The summed E-state index contributed by atoms with van der Waals surface area (Å²) < 4.78 is 42.3. The minimum absolute atomic E-state index is 0. The van der Waals surface area contributed by atoms with Crippen LogP contribution in [0.25, 0.3) is 0 Å². The van der Waals surface area contributed by atoms with E-state index in [1.54, 1.807) is 0 Å². The third kappa shape index (κ3) is 3.22. The van der Waals surface area contributed by atoms with Crippen molar-refractivity contribution >= 4 is 38.5 Å². The third-order valence-electron chi connectivity index (χ3n) is 1.19. The van der Waals surface area contributed by atoms with E-state index in [1.807, 2.05) is 0 Å². The van der Waals surface area contributed by atoms with Crippen LogP contribution in [-0.4, -0.2) is 13.0 Å². The molecule has 0 spiro atoms. The van der Waals surface area contributed by atoms with Crippen LogP contribution in [0.1, 0.15) is 0 Å². The Morgan fingerprint density at radius 3 is 2.31 bits per heavy atom. The molecule has 0 fully saturated rings. The van der Waals surface area contributed by atoms with E-state index in [1.165, 1.54) is 6.07 Å². The van der Waals surface area contributed by atoms with Gasteiger partial charge in [-0.25, -0.2) is 4.39 Å². The fourth-order valence-electron chi connectivity index (χ4n) is 0.637. The second kappa shape index (κ2) is 4.36. The first-order valence-corrected chi connectivity index (χ1v) is 5.07. The van der Waals surface area contributed by atoms with Crippen molar-refractivity contribution in [1.82, 2.24) is 0 Å². The lowest BCUT2D eigenvalue weighted by atomic mass is 10.3. The Labute approximate surface area is 89.2 Å². The monoisotopic (exact) mass is 290 g/mol. The molecule has 0 aliphatic carbocycles. The molecule has 1 rings (SSSR count). The van der Waals surface area contributed by atoms with E-state index in [0.29, 0.717) is 0 Å². The van der Waals surface area contributed by atoms with Gasteiger partial charge in [-0.15, -0.1) is 12.4 Å². The predicted molar refractivity (Wildman–Crippen MR) is 51.2 cm³/mol. The molecule has 0 saturated carbocycles. The van der Waals surface area contributed by atoms with E-state index in [2.05, 4.69) is 15.9 Å². The summed E-state index contributed by atoms with van der Waals surface area (Å²) in [5.41, 5.74) is 0. The molecule has 3 nitrogen and oxygen atoms in total. The average molecular weight is 292 g/mol. The van der Waals surface area contributed by atoms with Gasteiger partial charge in [0.15, 0.2) is 0 Å². The number of hydrogen-bond donors (Lipinski definition) is 1. The molecule has 0 aliphatic heterocycles. The average Bonchev–Trinajstić information content (AvgIpc) is 1.92. The molecule has 0 aromatic heterocycles. The minimum atomic E-state index is -4.30. The second-order valence-electron chi connectivity index (χ2n) is 2.05. The molecule has 0 radical (unpaired) electrons. The van der Waals surface area contributed by atoms with Gasteiger partial charge in [0.05, 0.1) is 9.37 Å². The van der Waals surface area contributed by atoms with Gasteiger partial charge in [0.2, 0.25) is 0 Å². The fraction of sp³-hybridized carbons (Fsp3) is 0. The van der Waals surface area contributed by atoms with Gasteiger partial charge >= 0.3 is 0 Å². The topological polar surface area (TPSA) is 54.4 Å². The van der Waals surface area contributed by atoms with Gasteiger partial charge in [0, 0.05) is 0 Å². The van der Waals surface area contributed by atoms with Crippen LogP contribution in [0.4, 0.5) is 4.39 Å². The molecule has 1 aromatic carbocycles. The van der Waals surface area contributed by atoms with Crippen LogP contribution in [0, 0.1) is 5.82 Å². The molecule has 0 unspecified atom stereocenters. The molecule has 0 aliphatic rings. The highest BCUT2D eigenvalue weighted by molar-refractivity contribution is 9.10. The molecule has 0 amide bonds. The van der Waals surface area contributed by atoms with Gasteiger partial charge in [-0.2, -0.15) is 8.42 Å². The van der Waals surface area contributed by atoms with Gasteiger partial charge in [0.1, 0.15) is 5.82 Å². The van der Waals surface area contributed by atoms with Gasteiger partial charge in [0.25, 0.3) is 10.1 Å². The summed E-state index contributed by atoms with van der Waals surface area (Å²) in [4.78, 5) is -0.455. The Bertz CT molecular complexity index is 406. The van der Waals surface area contributed by atoms with Crippen LogP contribution in [-0.2, 0) is 10.1 Å². The van der Waals surface area contributed by atoms with E-state index in [-0.39, 0.29) is 16.9 Å². The number of hydrogen-bond acceptors (Lipinski definition) is 2. The maximum atomic E-state index is 12.7. The van der Waals surface area contributed by atoms with Gasteiger partial charge in [-0.3, -0.25) is 4.55 Å². The van der Waals surface area contributed by atoms with Crippen LogP contribution in [0.15, 0.2) is 27.6 Å². The Balaban J connectivity index is 0.00000144. The Kier molecular flexibility index (Phi) is 4.31. The first-order chi connectivity index (χ1) is 5.41. The number of rotatable bonds is 1. The van der Waals surface area contributed by atoms with Crippen molar-refractivity contribution in [3.63, 3.8) is 0 Å². The summed E-state index contributed by atoms with van der Waals surface area (Å²) in [6, 6.07) is 3.04. The van der Waals surface area contributed by atoms with Gasteiger partial charge in [-0.05, 0) is 34.1 Å². The lowest BCUT2D eigenvalue weighted by Crippen LogP contribution is -1.98. The smallest absolute Gasteiger partial charge is 0.282 e. The molecule has 13 heavy (non-hydrogen) atoms. The molecular formula is C6H5BrClFO3S. The molecule has 1 aromatic rings. The first kappa shape index (κ1) is 12.8. The lowest BCUT2D eigenvalue weighted by Gasteiger charge is -1.97. The third-order valence-corrected chi connectivity index (χ3v) is 2.68. The molecule has 0 heterocycles. The molecule has 1 N–H and O–H groups in total. The lowest BCUT2D eigenvalue weighted by molar-refractivity contribution is 0.481. The SMILES string of the molecule is Cl.O=S(=O)(O)c1ccc(Br)c(F)c1. The highest BCUT2D eigenvalue weighted by Crippen LogP contribution is 2.18. The molecule has 0 bridgehead atoms. The molecular weight excluding hydrogens is 286 g/mol. The van der Waals surface area contributed by atoms with Crippen molar-refractivity contribution in [2.45, 2.75) is 4.90 Å². The zero-order chi connectivity index (χ0) is 9.35. The van der Waals surface area contributed by atoms with Crippen LogP contribution in [0.5, 0.6) is 0 Å². The van der Waals surface area contributed by atoms with Gasteiger partial charge in [-0.1, -0.05) is 0 Å². The quantitative estimate of drug-likeness (QED) is 0.808. The molecule has 0 atom stereocenters. The maximum Gasteiger partial charge on any atom is 0.294 e. The van der Waals surface area contributed by atoms with Crippen LogP contribution < -0.4 is 0 Å². The first-order valence-electron chi connectivity index (χ1n) is 2.84. The maximum absolute atomic E-state index is 12.7. The summed E-state index contributed by atoms with van der Waals surface area (Å²) in [6.07, 6.45) is 0. The largest absolute Gasteiger partial charge is 0.294 e. The molecule has 7 heteroatoms. The summed E-state index contributed by atoms with van der Waals surface area (Å²) in [5.74, 6) is -0.731. The van der Waals surface area contributed by atoms with E-state index < -0.39 is 20.8 Å². The van der Waals surface area contributed by atoms with Crippen molar-refractivity contribution in [2.24, 2.45) is 0 Å². The summed E-state index contributed by atoms with van der Waals surface area (Å²) in [6.45, 7) is 0. The molecule has 0 saturated heterocycles. The number of benzene rings is 1. The summed E-state index contributed by atoms with van der Waals surface area (Å²) >= 11 is 2.84. The van der Waals surface area contributed by atoms with Crippen molar-refractivity contribution in [3.05, 3.63) is 28.5 Å². The van der Waals surface area contributed by atoms with E-state index >= 15 is 0 Å². The Hall–Kier alpha value is -0.170. The predicted octanol–water partition coefficient (Wildman–Crippen LogP) is 2.26. The van der Waals surface area contributed by atoms with E-state index in [9.17, 15) is 12.8 Å². The zero-order valence-electron chi connectivity index (χ0n) is 6.07. The van der Waals surface area contributed by atoms with Crippen molar-refractivity contribution in [3.8, 4) is 0 Å². The second-order valence-corrected chi connectivity index (χ2v) is 4.33. The summed E-state index contributed by atoms with van der Waals surface area (Å²) in [5, 5.41) is 0. The van der Waals surface area contributed by atoms with Crippen molar-refractivity contribution in [1.29, 1.82) is 0 Å². The number of halogens is 3.